The lowest BCUT2D eigenvalue weighted by atomic mass is 9.98. The molecule has 0 bridgehead atoms. The van der Waals surface area contributed by atoms with Crippen LogP contribution in [0.5, 0.6) is 0 Å². The average molecular weight is 1350 g/mol. The van der Waals surface area contributed by atoms with E-state index in [2.05, 4.69) is 349 Å². The maximum absolute atomic E-state index is 4.51. The quantitative estimate of drug-likeness (QED) is 0.149. The Balaban J connectivity index is 0.703. The number of aromatic nitrogens is 6. The zero-order chi connectivity index (χ0) is 67.1. The van der Waals surface area contributed by atoms with Crippen LogP contribution in [0.15, 0.2) is 340 Å². The van der Waals surface area contributed by atoms with Crippen molar-refractivity contribution in [1.82, 2.24) is 27.8 Å². The Kier molecular flexibility index (Phi) is 12.0. The summed E-state index contributed by atoms with van der Waals surface area (Å²) in [5, 5.41) is 17.4. The van der Waals surface area contributed by atoms with Gasteiger partial charge in [0.05, 0.1) is 55.2 Å². The van der Waals surface area contributed by atoms with Crippen LogP contribution in [0, 0.1) is 0 Å². The van der Waals surface area contributed by atoms with Gasteiger partial charge in [0.15, 0.2) is 0 Å². The van der Waals surface area contributed by atoms with Crippen LogP contribution in [-0.4, -0.2) is 27.8 Å². The maximum Gasteiger partial charge on any atom is 0.0635 e. The van der Waals surface area contributed by atoms with Crippen molar-refractivity contribution in [2.45, 2.75) is 0 Å². The number of rotatable bonds is 8. The lowest BCUT2D eigenvalue weighted by Crippen LogP contribution is -1.95. The fourth-order valence-corrected chi connectivity index (χ4v) is 19.9. The van der Waals surface area contributed by atoms with Gasteiger partial charge in [-0.15, -0.1) is 22.7 Å². The number of nitrogens with zero attached hydrogens (tertiary/aromatic N) is 6. The van der Waals surface area contributed by atoms with E-state index in [0.717, 1.165) is 56.2 Å². The molecule has 0 atom stereocenters. The molecule has 0 spiro atoms. The molecule has 0 saturated heterocycles. The molecule has 0 fully saturated rings. The van der Waals surface area contributed by atoms with E-state index in [0.29, 0.717) is 0 Å². The Bertz CT molecular complexity index is 7520. The summed E-state index contributed by atoms with van der Waals surface area (Å²) in [6, 6.07) is 122. The van der Waals surface area contributed by atoms with Crippen LogP contribution in [0.1, 0.15) is 0 Å². The van der Waals surface area contributed by atoms with E-state index in [-0.39, 0.29) is 0 Å². The number of hydrogen-bond acceptors (Lipinski definition) is 3. The Hall–Kier alpha value is -13.1. The molecular formula is C95H56N6S2. The molecule has 0 aliphatic carbocycles. The standard InChI is InChI=1S/C95H56N6S2/c1-5-22-62(23-6-1)98-78-35-16-13-31-68(78)70-40-47-83-88(92(70)98)89-84(102-83)48-41-71-75-54-58(38-45-80(75)99(93(71)89)63-24-7-2-8-25-63)57-37-44-79-74(53-57)69-32-14-15-34-77(69)97(79)66-30-17-20-60(52-66)67-33-18-36-82-87(67)73-43-50-86-91(95(73)101(82)65-28-11-4-12-29-65)90-85(103-86)49-42-72-76-55-59(61-21-19-51-96-56-61)39-46-81(76)100(94(72)90)64-26-9-3-10-27-64/h1-56H. The van der Waals surface area contributed by atoms with Crippen LogP contribution in [0.4, 0.5) is 0 Å². The number of para-hydroxylation sites is 6. The van der Waals surface area contributed by atoms with Crippen LogP contribution in [0.2, 0.25) is 0 Å². The number of benzene rings is 15. The van der Waals surface area contributed by atoms with Gasteiger partial charge >= 0.3 is 0 Å². The van der Waals surface area contributed by atoms with Crippen LogP contribution in [0.3, 0.4) is 0 Å². The minimum atomic E-state index is 1.10. The Morgan fingerprint density at radius 3 is 1.06 bits per heavy atom. The minimum absolute atomic E-state index is 1.10. The van der Waals surface area contributed by atoms with Crippen LogP contribution >= 0.6 is 22.7 Å². The first kappa shape index (κ1) is 56.7. The van der Waals surface area contributed by atoms with E-state index in [1.165, 1.54) is 155 Å². The predicted octanol–water partition coefficient (Wildman–Crippen LogP) is 26.3. The zero-order valence-corrected chi connectivity index (χ0v) is 57.0. The fraction of sp³-hybridized carbons (Fsp3) is 0. The monoisotopic (exact) mass is 1340 g/mol. The van der Waals surface area contributed by atoms with Crippen molar-refractivity contribution in [3.05, 3.63) is 340 Å². The van der Waals surface area contributed by atoms with Crippen molar-refractivity contribution < 1.29 is 0 Å². The molecule has 0 radical (unpaired) electrons. The van der Waals surface area contributed by atoms with E-state index < -0.39 is 0 Å². The number of hydrogen-bond donors (Lipinski definition) is 0. The van der Waals surface area contributed by atoms with Gasteiger partial charge in [0, 0.05) is 141 Å². The van der Waals surface area contributed by atoms with Gasteiger partial charge in [-0.25, -0.2) is 0 Å². The molecule has 0 aliphatic heterocycles. The molecule has 23 aromatic rings. The summed E-state index contributed by atoms with van der Waals surface area (Å²) in [5.41, 5.74) is 24.6. The lowest BCUT2D eigenvalue weighted by Gasteiger charge is -2.12. The first-order valence-corrected chi connectivity index (χ1v) is 36.8. The lowest BCUT2D eigenvalue weighted by molar-refractivity contribution is 1.18. The highest BCUT2D eigenvalue weighted by Crippen LogP contribution is 2.52. The number of pyridine rings is 1. The van der Waals surface area contributed by atoms with Gasteiger partial charge in [-0.05, 0) is 173 Å². The van der Waals surface area contributed by atoms with Crippen molar-refractivity contribution in [2.75, 3.05) is 0 Å². The molecule has 15 aromatic carbocycles. The van der Waals surface area contributed by atoms with Crippen LogP contribution in [0.25, 0.3) is 211 Å². The molecule has 23 rings (SSSR count). The second-order valence-corrected chi connectivity index (χ2v) is 29.5. The van der Waals surface area contributed by atoms with Crippen molar-refractivity contribution >= 4 is 172 Å². The van der Waals surface area contributed by atoms with Crippen molar-refractivity contribution in [1.29, 1.82) is 0 Å². The molecule has 0 saturated carbocycles. The fourth-order valence-electron chi connectivity index (χ4n) is 17.7. The van der Waals surface area contributed by atoms with E-state index in [1.807, 2.05) is 41.1 Å². The topological polar surface area (TPSA) is 37.5 Å². The minimum Gasteiger partial charge on any atom is -0.309 e. The van der Waals surface area contributed by atoms with Gasteiger partial charge < -0.3 is 22.8 Å². The first-order valence-electron chi connectivity index (χ1n) is 35.2. The zero-order valence-electron chi connectivity index (χ0n) is 55.3. The van der Waals surface area contributed by atoms with Gasteiger partial charge in [-0.2, -0.15) is 0 Å². The number of fused-ring (bicyclic) bond motifs is 25. The molecule has 0 amide bonds. The third kappa shape index (κ3) is 8.10. The summed E-state index contributed by atoms with van der Waals surface area (Å²) < 4.78 is 17.6. The smallest absolute Gasteiger partial charge is 0.0635 e. The molecule has 478 valence electrons. The molecule has 0 N–H and O–H groups in total. The SMILES string of the molecule is c1ccc(-n2c3ccccc3c3ccc4sc5ccc6c7cc(-c8ccc9c(c8)c8ccccc8n9-c8cccc(-c9cccc%10c9c9ccc%11sc%12ccc%13c%14cc(-c%15cccnc%15)ccc%14n(-c%14ccccc%14)c%13c%12c%11c9n%10-c9ccccc9)c8)ccc7n(-c7ccccc7)c6c5c4c32)cc1. The normalized spacial score (nSPS) is 12.3. The first-order chi connectivity index (χ1) is 51.1. The molecule has 0 unspecified atom stereocenters. The summed E-state index contributed by atoms with van der Waals surface area (Å²) in [7, 11) is 0. The molecule has 103 heavy (non-hydrogen) atoms. The van der Waals surface area contributed by atoms with Crippen molar-refractivity contribution in [3.63, 3.8) is 0 Å². The van der Waals surface area contributed by atoms with Gasteiger partial charge in [-0.1, -0.05) is 182 Å². The van der Waals surface area contributed by atoms with E-state index in [4.69, 9.17) is 0 Å². The molecular weight excluding hydrogens is 1290 g/mol. The second kappa shape index (κ2) is 21.7. The summed E-state index contributed by atoms with van der Waals surface area (Å²) in [6.07, 6.45) is 3.81. The van der Waals surface area contributed by atoms with Gasteiger partial charge in [-0.3, -0.25) is 4.98 Å². The summed E-state index contributed by atoms with van der Waals surface area (Å²) in [5.74, 6) is 0. The van der Waals surface area contributed by atoms with Crippen molar-refractivity contribution in [3.8, 4) is 61.8 Å². The van der Waals surface area contributed by atoms with E-state index in [1.54, 1.807) is 0 Å². The van der Waals surface area contributed by atoms with Gasteiger partial charge in [0.1, 0.15) is 0 Å². The largest absolute Gasteiger partial charge is 0.309 e. The van der Waals surface area contributed by atoms with Crippen LogP contribution < -0.4 is 0 Å². The number of thiophene rings is 2. The highest BCUT2D eigenvalue weighted by molar-refractivity contribution is 7.26. The molecule has 6 nitrogen and oxygen atoms in total. The van der Waals surface area contributed by atoms with E-state index >= 15 is 0 Å². The summed E-state index contributed by atoms with van der Waals surface area (Å²) in [4.78, 5) is 4.51. The Labute approximate surface area is 597 Å². The van der Waals surface area contributed by atoms with Crippen LogP contribution in [-0.2, 0) is 0 Å². The molecule has 8 heterocycles. The van der Waals surface area contributed by atoms with Gasteiger partial charge in [0.2, 0.25) is 0 Å². The maximum atomic E-state index is 4.51. The van der Waals surface area contributed by atoms with Crippen molar-refractivity contribution in [2.24, 2.45) is 0 Å². The highest BCUT2D eigenvalue weighted by Gasteiger charge is 2.28. The second-order valence-electron chi connectivity index (χ2n) is 27.3. The average Bonchev–Trinajstić information content (AvgIpc) is 1.54. The molecule has 8 heteroatoms. The third-order valence-electron chi connectivity index (χ3n) is 21.9. The van der Waals surface area contributed by atoms with Gasteiger partial charge in [0.25, 0.3) is 0 Å². The Morgan fingerprint density at radius 1 is 0.204 bits per heavy atom. The predicted molar refractivity (Wildman–Crippen MR) is 438 cm³/mol. The highest BCUT2D eigenvalue weighted by atomic mass is 32.1. The Morgan fingerprint density at radius 2 is 0.563 bits per heavy atom. The summed E-state index contributed by atoms with van der Waals surface area (Å²) in [6.45, 7) is 0. The third-order valence-corrected chi connectivity index (χ3v) is 24.2. The van der Waals surface area contributed by atoms with E-state index in [9.17, 15) is 0 Å². The summed E-state index contributed by atoms with van der Waals surface area (Å²) >= 11 is 3.77. The molecule has 0 aliphatic rings. The molecule has 8 aromatic heterocycles.